The summed E-state index contributed by atoms with van der Waals surface area (Å²) in [5.74, 6) is 0.216. The van der Waals surface area contributed by atoms with Gasteiger partial charge in [-0.3, -0.25) is 9.59 Å². The average molecular weight is 306 g/mol. The Bertz CT molecular complexity index is 629. The van der Waals surface area contributed by atoms with Gasteiger partial charge < -0.3 is 24.8 Å². The van der Waals surface area contributed by atoms with Gasteiger partial charge in [0.25, 0.3) is 0 Å². The lowest BCUT2D eigenvalue weighted by atomic mass is 9.98. The summed E-state index contributed by atoms with van der Waals surface area (Å²) < 4.78 is 10.7. The smallest absolute Gasteiger partial charge is 0.305 e. The molecule has 3 rings (SSSR count). The molecule has 2 aliphatic rings. The number of nitrogens with one attached hydrogen (secondary N) is 1. The zero-order chi connectivity index (χ0) is 15.9. The molecule has 0 aliphatic carbocycles. The van der Waals surface area contributed by atoms with Crippen molar-refractivity contribution in [2.24, 2.45) is 5.92 Å². The molecule has 0 aromatic heterocycles. The van der Waals surface area contributed by atoms with E-state index in [-0.39, 0.29) is 37.6 Å². The second-order valence-electron chi connectivity index (χ2n) is 5.72. The van der Waals surface area contributed by atoms with Gasteiger partial charge in [0.05, 0.1) is 17.8 Å². The van der Waals surface area contributed by atoms with Gasteiger partial charge in [-0.25, -0.2) is 0 Å². The Hall–Kier alpha value is -2.44. The second kappa shape index (κ2) is 5.40. The van der Waals surface area contributed by atoms with E-state index >= 15 is 0 Å². The molecule has 0 saturated heterocycles. The molecule has 0 spiro atoms. The Kier molecular flexibility index (Phi) is 3.56. The molecule has 118 valence electrons. The van der Waals surface area contributed by atoms with Crippen LogP contribution in [0, 0.1) is 5.92 Å². The topological polar surface area (TPSA) is 88.1 Å². The third-order valence-corrected chi connectivity index (χ3v) is 3.84. The maximum atomic E-state index is 12.6. The van der Waals surface area contributed by atoms with Crippen molar-refractivity contribution in [2.45, 2.75) is 26.3 Å². The summed E-state index contributed by atoms with van der Waals surface area (Å²) in [7, 11) is 0. The van der Waals surface area contributed by atoms with Crippen LogP contribution in [0.3, 0.4) is 0 Å². The molecule has 1 aromatic carbocycles. The number of hydrogen-bond acceptors (Lipinski definition) is 5. The maximum Gasteiger partial charge on any atom is 0.305 e. The molecule has 1 amide bonds. The van der Waals surface area contributed by atoms with Gasteiger partial charge in [0.1, 0.15) is 6.04 Å². The fraction of sp³-hybridized carbons (Fsp3) is 0.467. The van der Waals surface area contributed by atoms with Crippen LogP contribution in [0.4, 0.5) is 11.4 Å². The van der Waals surface area contributed by atoms with Crippen molar-refractivity contribution in [1.29, 1.82) is 0 Å². The summed E-state index contributed by atoms with van der Waals surface area (Å²) in [5, 5.41) is 12.1. The molecule has 2 aliphatic heterocycles. The Morgan fingerprint density at radius 1 is 1.41 bits per heavy atom. The number of benzene rings is 1. The molecule has 2 heterocycles. The molecule has 0 bridgehead atoms. The highest BCUT2D eigenvalue weighted by Crippen LogP contribution is 2.43. The molecule has 1 unspecified atom stereocenters. The van der Waals surface area contributed by atoms with Gasteiger partial charge in [0.15, 0.2) is 11.5 Å². The Labute approximate surface area is 127 Å². The predicted octanol–water partition coefficient (Wildman–Crippen LogP) is 1.67. The van der Waals surface area contributed by atoms with Crippen LogP contribution in [0.2, 0.25) is 0 Å². The minimum Gasteiger partial charge on any atom is -0.481 e. The number of amides is 1. The van der Waals surface area contributed by atoms with Gasteiger partial charge in [-0.2, -0.15) is 0 Å². The van der Waals surface area contributed by atoms with Gasteiger partial charge >= 0.3 is 5.97 Å². The summed E-state index contributed by atoms with van der Waals surface area (Å²) in [6.45, 7) is 4.17. The van der Waals surface area contributed by atoms with E-state index in [4.69, 9.17) is 14.6 Å². The first-order valence-electron chi connectivity index (χ1n) is 7.20. The lowest BCUT2D eigenvalue weighted by Gasteiger charge is -2.37. The monoisotopic (exact) mass is 306 g/mol. The summed E-state index contributed by atoms with van der Waals surface area (Å²) in [6.07, 6.45) is -0.107. The number of aliphatic carboxylic acids is 1. The average Bonchev–Trinajstić information content (AvgIpc) is 2.90. The molecule has 2 N–H and O–H groups in total. The van der Waals surface area contributed by atoms with E-state index in [2.05, 4.69) is 5.32 Å². The fourth-order valence-corrected chi connectivity index (χ4v) is 2.68. The Morgan fingerprint density at radius 3 is 2.73 bits per heavy atom. The van der Waals surface area contributed by atoms with Crippen LogP contribution in [-0.2, 0) is 9.59 Å². The van der Waals surface area contributed by atoms with Crippen molar-refractivity contribution in [3.05, 3.63) is 12.1 Å². The van der Waals surface area contributed by atoms with Gasteiger partial charge in [0, 0.05) is 18.7 Å². The first kappa shape index (κ1) is 14.5. The zero-order valence-corrected chi connectivity index (χ0v) is 12.5. The molecule has 0 radical (unpaired) electrons. The molecule has 0 fully saturated rings. The number of rotatable bonds is 4. The molecular formula is C15H18N2O5. The molecule has 7 heteroatoms. The van der Waals surface area contributed by atoms with Gasteiger partial charge in [-0.1, -0.05) is 13.8 Å². The minimum absolute atomic E-state index is 0.0819. The van der Waals surface area contributed by atoms with Crippen molar-refractivity contribution in [1.82, 2.24) is 0 Å². The first-order chi connectivity index (χ1) is 10.5. The number of ether oxygens (including phenoxy) is 2. The van der Waals surface area contributed by atoms with E-state index < -0.39 is 5.97 Å². The van der Waals surface area contributed by atoms with E-state index in [1.807, 2.05) is 13.8 Å². The van der Waals surface area contributed by atoms with Crippen molar-refractivity contribution in [2.75, 3.05) is 23.6 Å². The van der Waals surface area contributed by atoms with E-state index in [9.17, 15) is 9.59 Å². The Morgan fingerprint density at radius 2 is 2.09 bits per heavy atom. The van der Waals surface area contributed by atoms with Crippen molar-refractivity contribution < 1.29 is 24.2 Å². The molecule has 22 heavy (non-hydrogen) atoms. The maximum absolute atomic E-state index is 12.6. The van der Waals surface area contributed by atoms with Crippen LogP contribution in [0.15, 0.2) is 12.1 Å². The highest BCUT2D eigenvalue weighted by atomic mass is 16.7. The van der Waals surface area contributed by atoms with Crippen LogP contribution < -0.4 is 19.7 Å². The summed E-state index contributed by atoms with van der Waals surface area (Å²) in [5.41, 5.74) is 1.39. The second-order valence-corrected chi connectivity index (χ2v) is 5.72. The lowest BCUT2D eigenvalue weighted by Crippen LogP contribution is -2.50. The summed E-state index contributed by atoms with van der Waals surface area (Å²) in [4.78, 5) is 25.0. The van der Waals surface area contributed by atoms with Crippen LogP contribution in [0.1, 0.15) is 20.3 Å². The van der Waals surface area contributed by atoms with E-state index in [0.29, 0.717) is 17.2 Å². The fourth-order valence-electron chi connectivity index (χ4n) is 2.68. The van der Waals surface area contributed by atoms with Crippen LogP contribution >= 0.6 is 0 Å². The number of carboxylic acids is 1. The normalized spacial score (nSPS) is 19.1. The highest BCUT2D eigenvalue weighted by Gasteiger charge is 2.36. The Balaban J connectivity index is 2.00. The molecule has 1 atom stereocenters. The van der Waals surface area contributed by atoms with E-state index in [1.54, 1.807) is 12.1 Å². The third kappa shape index (κ3) is 2.43. The number of fused-ring (bicyclic) bond motifs is 2. The van der Waals surface area contributed by atoms with Crippen molar-refractivity contribution in [3.63, 3.8) is 0 Å². The first-order valence-corrected chi connectivity index (χ1v) is 7.20. The van der Waals surface area contributed by atoms with Crippen LogP contribution in [0.25, 0.3) is 0 Å². The predicted molar refractivity (Wildman–Crippen MR) is 79.4 cm³/mol. The van der Waals surface area contributed by atoms with Gasteiger partial charge in [-0.15, -0.1) is 0 Å². The van der Waals surface area contributed by atoms with Gasteiger partial charge in [-0.05, 0) is 5.92 Å². The number of anilines is 2. The van der Waals surface area contributed by atoms with E-state index in [0.717, 1.165) is 5.69 Å². The number of carbonyl (C=O) groups excluding carboxylic acids is 1. The molecule has 0 saturated carbocycles. The van der Waals surface area contributed by atoms with E-state index in [1.165, 1.54) is 4.90 Å². The number of hydrogen-bond donors (Lipinski definition) is 2. The quantitative estimate of drug-likeness (QED) is 0.880. The third-order valence-electron chi connectivity index (χ3n) is 3.84. The van der Waals surface area contributed by atoms with Crippen LogP contribution in [-0.4, -0.2) is 36.4 Å². The summed E-state index contributed by atoms with van der Waals surface area (Å²) in [6, 6.07) is 3.13. The number of carboxylic acid groups (broad SMARTS) is 1. The number of carbonyl (C=O) groups is 2. The largest absolute Gasteiger partial charge is 0.481 e. The highest BCUT2D eigenvalue weighted by molar-refractivity contribution is 6.06. The lowest BCUT2D eigenvalue weighted by molar-refractivity contribution is -0.136. The molecule has 1 aromatic rings. The zero-order valence-electron chi connectivity index (χ0n) is 12.5. The molecular weight excluding hydrogens is 288 g/mol. The summed E-state index contributed by atoms with van der Waals surface area (Å²) >= 11 is 0. The number of nitrogens with zero attached hydrogens (tertiary/aromatic N) is 1. The van der Waals surface area contributed by atoms with Gasteiger partial charge in [0.2, 0.25) is 12.7 Å². The van der Waals surface area contributed by atoms with Crippen LogP contribution in [0.5, 0.6) is 11.5 Å². The van der Waals surface area contributed by atoms with Crippen molar-refractivity contribution >= 4 is 23.3 Å². The van der Waals surface area contributed by atoms with Crippen molar-refractivity contribution in [3.8, 4) is 11.5 Å². The SMILES string of the molecule is CC(C)C1Nc2cc3c(cc2N(CCC(=O)O)C1=O)OCO3. The standard InChI is InChI=1S/C15H18N2O5/c1-8(2)14-15(20)17(4-3-13(18)19)10-6-12-11(21-7-22-12)5-9(10)16-14/h5-6,8,14,16H,3-4,7H2,1-2H3,(H,18,19). The minimum atomic E-state index is -0.935. The molecule has 7 nitrogen and oxygen atoms in total.